The number of nitrogens with zero attached hydrogens (tertiary/aromatic N) is 2. The summed E-state index contributed by atoms with van der Waals surface area (Å²) in [5, 5.41) is 10.00. The van der Waals surface area contributed by atoms with Gasteiger partial charge in [0.25, 0.3) is 0 Å². The number of halogens is 4. The molecule has 0 saturated carbocycles. The molecule has 0 aromatic carbocycles. The van der Waals surface area contributed by atoms with Crippen LogP contribution in [-0.2, 0) is 5.60 Å². The van der Waals surface area contributed by atoms with Gasteiger partial charge in [0.2, 0.25) is 5.88 Å². The molecule has 21 heavy (non-hydrogen) atoms. The van der Waals surface area contributed by atoms with Gasteiger partial charge in [0.1, 0.15) is 0 Å². The Kier molecular flexibility index (Phi) is 5.21. The summed E-state index contributed by atoms with van der Waals surface area (Å²) in [4.78, 5) is 7.69. The standard InChI is InChI=1S/C12H15BrF3N3O2/c1-6(12(14,15)16)21-8-5-4-7(11(2,3)20)9(18-8)19-10(13)17/h4-6,20H,1-3H3,(H2,17,18,19)/t6-/m0/s1. The van der Waals surface area contributed by atoms with E-state index < -0.39 is 17.9 Å². The lowest BCUT2D eigenvalue weighted by Gasteiger charge is -2.21. The lowest BCUT2D eigenvalue weighted by atomic mass is 9.99. The fourth-order valence-electron chi connectivity index (χ4n) is 1.41. The fourth-order valence-corrected chi connectivity index (χ4v) is 1.58. The van der Waals surface area contributed by atoms with Crippen molar-refractivity contribution in [2.75, 3.05) is 0 Å². The van der Waals surface area contributed by atoms with E-state index >= 15 is 0 Å². The molecule has 0 fully saturated rings. The molecule has 0 unspecified atom stereocenters. The molecule has 5 nitrogen and oxygen atoms in total. The third-order valence-electron chi connectivity index (χ3n) is 2.48. The van der Waals surface area contributed by atoms with E-state index in [0.717, 1.165) is 6.92 Å². The summed E-state index contributed by atoms with van der Waals surface area (Å²) in [7, 11) is 0. The Morgan fingerprint density at radius 3 is 2.43 bits per heavy atom. The maximum Gasteiger partial charge on any atom is 0.425 e. The van der Waals surface area contributed by atoms with Crippen LogP contribution in [0.4, 0.5) is 19.0 Å². The van der Waals surface area contributed by atoms with Gasteiger partial charge in [0.05, 0.1) is 5.60 Å². The fraction of sp³-hybridized carbons (Fsp3) is 0.500. The van der Waals surface area contributed by atoms with Crippen molar-refractivity contribution in [1.82, 2.24) is 4.98 Å². The number of hydrogen-bond donors (Lipinski definition) is 2. The van der Waals surface area contributed by atoms with Gasteiger partial charge < -0.3 is 15.6 Å². The highest BCUT2D eigenvalue weighted by molar-refractivity contribution is 9.18. The molecule has 1 aromatic heterocycles. The molecule has 3 N–H and O–H groups in total. The van der Waals surface area contributed by atoms with E-state index in [2.05, 4.69) is 25.9 Å². The van der Waals surface area contributed by atoms with Gasteiger partial charge in [-0.05, 0) is 42.8 Å². The largest absolute Gasteiger partial charge is 0.465 e. The summed E-state index contributed by atoms with van der Waals surface area (Å²) in [6, 6.07) is 2.62. The second-order valence-corrected chi connectivity index (χ2v) is 5.63. The summed E-state index contributed by atoms with van der Waals surface area (Å²) in [6.07, 6.45) is -6.52. The van der Waals surface area contributed by atoms with Crippen LogP contribution in [0.25, 0.3) is 0 Å². The number of nitrogens with two attached hydrogens (primary N) is 1. The van der Waals surface area contributed by atoms with Crippen molar-refractivity contribution in [2.45, 2.75) is 38.7 Å². The molecule has 0 bridgehead atoms. The molecular weight excluding hydrogens is 355 g/mol. The lowest BCUT2D eigenvalue weighted by Crippen LogP contribution is -2.31. The molecule has 0 aliphatic rings. The number of ether oxygens (including phenoxy) is 1. The van der Waals surface area contributed by atoms with Crippen LogP contribution in [-0.4, -0.2) is 27.1 Å². The maximum absolute atomic E-state index is 12.5. The number of pyridine rings is 1. The molecule has 0 amide bonds. The van der Waals surface area contributed by atoms with Gasteiger partial charge in [-0.3, -0.25) is 0 Å². The van der Waals surface area contributed by atoms with Crippen LogP contribution in [0.2, 0.25) is 0 Å². The number of amidine groups is 1. The Morgan fingerprint density at radius 1 is 1.43 bits per heavy atom. The van der Waals surface area contributed by atoms with Crippen molar-refractivity contribution < 1.29 is 23.0 Å². The molecule has 0 aliphatic carbocycles. The number of alkyl halides is 3. The van der Waals surface area contributed by atoms with Crippen LogP contribution >= 0.6 is 15.9 Å². The summed E-state index contributed by atoms with van der Waals surface area (Å²) in [5.41, 5.74) is 4.39. The van der Waals surface area contributed by atoms with Crippen LogP contribution in [0.1, 0.15) is 26.3 Å². The quantitative estimate of drug-likeness (QED) is 0.485. The van der Waals surface area contributed by atoms with Gasteiger partial charge in [-0.2, -0.15) is 18.2 Å². The van der Waals surface area contributed by atoms with Crippen LogP contribution < -0.4 is 10.5 Å². The van der Waals surface area contributed by atoms with Crippen molar-refractivity contribution in [2.24, 2.45) is 10.7 Å². The summed E-state index contributed by atoms with van der Waals surface area (Å²) in [5.74, 6) is -0.288. The van der Waals surface area contributed by atoms with Crippen LogP contribution in [0.5, 0.6) is 5.88 Å². The molecule has 0 spiro atoms. The summed E-state index contributed by atoms with van der Waals surface area (Å²) in [6.45, 7) is 3.85. The third kappa shape index (κ3) is 5.16. The van der Waals surface area contributed by atoms with Gasteiger partial charge in [0.15, 0.2) is 16.7 Å². The van der Waals surface area contributed by atoms with E-state index in [4.69, 9.17) is 10.5 Å². The maximum atomic E-state index is 12.5. The van der Waals surface area contributed by atoms with Crippen molar-refractivity contribution in [3.05, 3.63) is 17.7 Å². The minimum atomic E-state index is -4.51. The van der Waals surface area contributed by atoms with Gasteiger partial charge >= 0.3 is 6.18 Å². The highest BCUT2D eigenvalue weighted by Crippen LogP contribution is 2.32. The average Bonchev–Trinajstić information content (AvgIpc) is 2.25. The van der Waals surface area contributed by atoms with Crippen LogP contribution in [0.3, 0.4) is 0 Å². The molecule has 1 aromatic rings. The molecule has 0 aliphatic heterocycles. The number of hydrogen-bond acceptors (Lipinski definition) is 4. The number of aliphatic hydroxyl groups is 1. The highest BCUT2D eigenvalue weighted by atomic mass is 79.9. The molecule has 1 atom stereocenters. The third-order valence-corrected chi connectivity index (χ3v) is 2.66. The molecule has 1 rings (SSSR count). The Balaban J connectivity index is 3.20. The Labute approximate surface area is 128 Å². The van der Waals surface area contributed by atoms with Gasteiger partial charge in [0, 0.05) is 11.6 Å². The molecule has 118 valence electrons. The van der Waals surface area contributed by atoms with E-state index in [0.29, 0.717) is 5.56 Å². The Bertz CT molecular complexity index is 538. The minimum absolute atomic E-state index is 0.0243. The van der Waals surface area contributed by atoms with E-state index in [1.54, 1.807) is 0 Å². The lowest BCUT2D eigenvalue weighted by molar-refractivity contribution is -0.189. The normalized spacial score (nSPS) is 15.0. The predicted octanol–water partition coefficient (Wildman–Crippen LogP) is 2.98. The zero-order valence-corrected chi connectivity index (χ0v) is 13.2. The average molecular weight is 370 g/mol. The Morgan fingerprint density at radius 2 is 2.00 bits per heavy atom. The molecular formula is C12H15BrF3N3O2. The summed E-state index contributed by atoms with van der Waals surface area (Å²) < 4.78 is 42.1. The number of aliphatic imine (C=N–C) groups is 1. The molecule has 0 saturated heterocycles. The smallest absolute Gasteiger partial charge is 0.425 e. The molecule has 1 heterocycles. The monoisotopic (exact) mass is 369 g/mol. The Hall–Kier alpha value is -1.35. The van der Waals surface area contributed by atoms with Crippen molar-refractivity contribution >= 4 is 26.5 Å². The summed E-state index contributed by atoms with van der Waals surface area (Å²) >= 11 is 2.90. The molecule has 0 radical (unpaired) electrons. The van der Waals surface area contributed by atoms with E-state index in [1.165, 1.54) is 26.0 Å². The SMILES string of the molecule is C[C@H](Oc1ccc(C(C)(C)O)c(N=C(N)Br)n1)C(F)(F)F. The van der Waals surface area contributed by atoms with Gasteiger partial charge in [-0.1, -0.05) is 0 Å². The first-order valence-electron chi connectivity index (χ1n) is 5.88. The first-order chi connectivity index (χ1) is 9.41. The zero-order valence-electron chi connectivity index (χ0n) is 11.6. The minimum Gasteiger partial charge on any atom is -0.465 e. The van der Waals surface area contributed by atoms with E-state index in [-0.39, 0.29) is 16.4 Å². The molecule has 9 heteroatoms. The first kappa shape index (κ1) is 17.7. The zero-order chi connectivity index (χ0) is 16.4. The topological polar surface area (TPSA) is 80.7 Å². The van der Waals surface area contributed by atoms with Gasteiger partial charge in [-0.15, -0.1) is 0 Å². The van der Waals surface area contributed by atoms with Crippen LogP contribution in [0, 0.1) is 0 Å². The highest BCUT2D eigenvalue weighted by Gasteiger charge is 2.38. The van der Waals surface area contributed by atoms with Crippen molar-refractivity contribution in [3.8, 4) is 5.88 Å². The number of aromatic nitrogens is 1. The second kappa shape index (κ2) is 6.18. The van der Waals surface area contributed by atoms with Crippen molar-refractivity contribution in [3.63, 3.8) is 0 Å². The predicted molar refractivity (Wildman–Crippen MR) is 75.8 cm³/mol. The number of rotatable bonds is 4. The second-order valence-electron chi connectivity index (χ2n) is 4.82. The van der Waals surface area contributed by atoms with E-state index in [1.807, 2.05) is 0 Å². The van der Waals surface area contributed by atoms with Gasteiger partial charge in [-0.25, -0.2) is 4.99 Å². The van der Waals surface area contributed by atoms with E-state index in [9.17, 15) is 18.3 Å². The van der Waals surface area contributed by atoms with Crippen LogP contribution in [0.15, 0.2) is 17.1 Å². The first-order valence-corrected chi connectivity index (χ1v) is 6.67. The van der Waals surface area contributed by atoms with Crippen molar-refractivity contribution in [1.29, 1.82) is 0 Å².